The summed E-state index contributed by atoms with van der Waals surface area (Å²) in [5.41, 5.74) is -1.46. The van der Waals surface area contributed by atoms with Crippen LogP contribution in [-0.2, 0) is 4.74 Å². The molecule has 3 N–H and O–H groups in total. The van der Waals surface area contributed by atoms with Crippen molar-refractivity contribution in [3.05, 3.63) is 0 Å². The summed E-state index contributed by atoms with van der Waals surface area (Å²) >= 11 is 0. The molecule has 1 fully saturated rings. The maximum absolute atomic E-state index is 9.73. The highest BCUT2D eigenvalue weighted by Crippen LogP contribution is 2.29. The average molecular weight is 186 g/mol. The molecule has 1 heterocycles. The number of hydrogen-bond acceptors (Lipinski definition) is 4. The highest BCUT2D eigenvalue weighted by molar-refractivity contribution is 6.11. The summed E-state index contributed by atoms with van der Waals surface area (Å²) in [5.74, 6) is -0.367. The van der Waals surface area contributed by atoms with E-state index in [1.807, 2.05) is 0 Å². The maximum atomic E-state index is 9.73. The summed E-state index contributed by atoms with van der Waals surface area (Å²) in [6.45, 7) is 1.53. The van der Waals surface area contributed by atoms with Crippen molar-refractivity contribution in [1.29, 1.82) is 0 Å². The van der Waals surface area contributed by atoms with Gasteiger partial charge in [-0.05, 0) is 0 Å². The van der Waals surface area contributed by atoms with E-state index in [0.717, 1.165) is 0 Å². The van der Waals surface area contributed by atoms with Crippen LogP contribution in [0.5, 0.6) is 0 Å². The third kappa shape index (κ3) is 2.04. The smallest absolute Gasteiger partial charge is 0.118 e. The Morgan fingerprint density at radius 1 is 1.69 bits per heavy atom. The van der Waals surface area contributed by atoms with Crippen LogP contribution >= 0.6 is 0 Å². The van der Waals surface area contributed by atoms with E-state index in [-0.39, 0.29) is 12.2 Å². The van der Waals surface area contributed by atoms with Crippen LogP contribution in [-0.4, -0.2) is 54.2 Å². The first-order valence-corrected chi connectivity index (χ1v) is 4.40. The van der Waals surface area contributed by atoms with Gasteiger partial charge in [0.15, 0.2) is 0 Å². The van der Waals surface area contributed by atoms with Crippen molar-refractivity contribution >= 4 is 7.85 Å². The Bertz CT molecular complexity index is 176. The molecular formula is C8H15BO4. The van der Waals surface area contributed by atoms with E-state index in [1.54, 1.807) is 6.92 Å². The lowest BCUT2D eigenvalue weighted by atomic mass is 9.75. The summed E-state index contributed by atoms with van der Waals surface area (Å²) in [6, 6.07) is 0. The summed E-state index contributed by atoms with van der Waals surface area (Å²) < 4.78 is 5.20. The van der Waals surface area contributed by atoms with Crippen molar-refractivity contribution in [2.75, 3.05) is 13.2 Å². The van der Waals surface area contributed by atoms with Crippen molar-refractivity contribution in [3.8, 4) is 0 Å². The molecule has 2 radical (unpaired) electrons. The molecule has 1 rings (SSSR count). The quantitative estimate of drug-likeness (QED) is 0.475. The third-order valence-electron chi connectivity index (χ3n) is 2.50. The van der Waals surface area contributed by atoms with Gasteiger partial charge in [0, 0.05) is 13.0 Å². The summed E-state index contributed by atoms with van der Waals surface area (Å²) in [6.07, 6.45) is -1.49. The van der Waals surface area contributed by atoms with E-state index >= 15 is 0 Å². The van der Waals surface area contributed by atoms with Crippen LogP contribution in [0.3, 0.4) is 0 Å². The molecule has 0 aromatic heterocycles. The fourth-order valence-electron chi connectivity index (χ4n) is 1.53. The number of rotatable bonds is 2. The molecular weight excluding hydrogens is 171 g/mol. The van der Waals surface area contributed by atoms with Gasteiger partial charge in [-0.25, -0.2) is 0 Å². The lowest BCUT2D eigenvalue weighted by Crippen LogP contribution is -2.57. The predicted molar refractivity (Wildman–Crippen MR) is 47.6 cm³/mol. The first-order valence-electron chi connectivity index (χ1n) is 4.40. The number of hydrogen-bond donors (Lipinski definition) is 3. The molecule has 13 heavy (non-hydrogen) atoms. The van der Waals surface area contributed by atoms with E-state index in [2.05, 4.69) is 0 Å². The van der Waals surface area contributed by atoms with Gasteiger partial charge in [0.2, 0.25) is 0 Å². The minimum atomic E-state index is -1.46. The third-order valence-corrected chi connectivity index (χ3v) is 2.50. The predicted octanol–water partition coefficient (Wildman–Crippen LogP) is -1.16. The van der Waals surface area contributed by atoms with Gasteiger partial charge in [-0.15, -0.1) is 0 Å². The van der Waals surface area contributed by atoms with E-state index in [1.165, 1.54) is 0 Å². The molecule has 2 unspecified atom stereocenters. The van der Waals surface area contributed by atoms with Crippen LogP contribution in [0.4, 0.5) is 0 Å². The minimum Gasteiger partial charge on any atom is -0.393 e. The zero-order valence-electron chi connectivity index (χ0n) is 7.68. The lowest BCUT2D eigenvalue weighted by Gasteiger charge is -2.42. The summed E-state index contributed by atoms with van der Waals surface area (Å²) in [4.78, 5) is 0. The molecule has 0 aromatic rings. The van der Waals surface area contributed by atoms with Crippen LogP contribution in [0, 0.1) is 0 Å². The highest BCUT2D eigenvalue weighted by atomic mass is 16.5. The Labute approximate surface area is 78.9 Å². The van der Waals surface area contributed by atoms with Crippen LogP contribution in [0.15, 0.2) is 0 Å². The van der Waals surface area contributed by atoms with E-state index in [4.69, 9.17) is 17.7 Å². The lowest BCUT2D eigenvalue weighted by molar-refractivity contribution is -0.202. The monoisotopic (exact) mass is 186 g/mol. The van der Waals surface area contributed by atoms with Crippen LogP contribution < -0.4 is 0 Å². The Kier molecular flexibility index (Phi) is 3.35. The van der Waals surface area contributed by atoms with Crippen molar-refractivity contribution in [1.82, 2.24) is 0 Å². The second-order valence-corrected chi connectivity index (χ2v) is 3.65. The zero-order chi connectivity index (χ0) is 10.1. The van der Waals surface area contributed by atoms with E-state index in [9.17, 15) is 10.2 Å². The molecule has 0 aromatic carbocycles. The topological polar surface area (TPSA) is 69.9 Å². The van der Waals surface area contributed by atoms with Gasteiger partial charge >= 0.3 is 0 Å². The molecule has 1 aliphatic heterocycles. The Hall–Kier alpha value is -0.0951. The normalized spacial score (nSPS) is 43.1. The molecule has 1 saturated heterocycles. The van der Waals surface area contributed by atoms with Crippen molar-refractivity contribution in [3.63, 3.8) is 0 Å². The Morgan fingerprint density at radius 3 is 2.77 bits per heavy atom. The van der Waals surface area contributed by atoms with Crippen LogP contribution in [0.1, 0.15) is 13.3 Å². The average Bonchev–Trinajstić information content (AvgIpc) is 2.09. The first kappa shape index (κ1) is 11.0. The van der Waals surface area contributed by atoms with Gasteiger partial charge in [-0.3, -0.25) is 0 Å². The summed E-state index contributed by atoms with van der Waals surface area (Å²) in [5, 5.41) is 28.3. The van der Waals surface area contributed by atoms with Gasteiger partial charge in [-0.1, -0.05) is 12.7 Å². The first-order chi connectivity index (χ1) is 6.01. The number of ether oxygens (including phenoxy) is 1. The Balaban J connectivity index is 2.71. The molecule has 1 aliphatic rings. The Morgan fingerprint density at radius 2 is 2.31 bits per heavy atom. The van der Waals surface area contributed by atoms with Gasteiger partial charge in [0.1, 0.15) is 11.7 Å². The van der Waals surface area contributed by atoms with E-state index < -0.39 is 24.4 Å². The van der Waals surface area contributed by atoms with Gasteiger partial charge in [0.05, 0.1) is 20.6 Å². The molecule has 0 spiro atoms. The van der Waals surface area contributed by atoms with Crippen molar-refractivity contribution < 1.29 is 20.1 Å². The second kappa shape index (κ2) is 3.96. The molecule has 4 atom stereocenters. The van der Waals surface area contributed by atoms with Crippen LogP contribution in [0.2, 0.25) is 5.82 Å². The standard InChI is InChI=1S/C8H15BO4/c1-5(9)6-7(11)8(12,4-10)2-3-13-6/h5-7,10-12H,2-4H2,1H3/t5-,6-,7?,8?/m1/s1. The zero-order valence-corrected chi connectivity index (χ0v) is 7.68. The fourth-order valence-corrected chi connectivity index (χ4v) is 1.53. The maximum Gasteiger partial charge on any atom is 0.118 e. The second-order valence-electron chi connectivity index (χ2n) is 3.65. The highest BCUT2D eigenvalue weighted by Gasteiger charge is 2.44. The summed E-state index contributed by atoms with van der Waals surface area (Å²) in [7, 11) is 5.56. The van der Waals surface area contributed by atoms with Crippen LogP contribution in [0.25, 0.3) is 0 Å². The molecule has 5 heteroatoms. The molecule has 4 nitrogen and oxygen atoms in total. The van der Waals surface area contributed by atoms with Crippen molar-refractivity contribution in [2.24, 2.45) is 0 Å². The van der Waals surface area contributed by atoms with Gasteiger partial charge < -0.3 is 20.1 Å². The molecule has 0 aliphatic carbocycles. The van der Waals surface area contributed by atoms with Gasteiger partial charge in [0.25, 0.3) is 0 Å². The van der Waals surface area contributed by atoms with Gasteiger partial charge in [-0.2, -0.15) is 0 Å². The van der Waals surface area contributed by atoms with Crippen molar-refractivity contribution in [2.45, 2.75) is 37.0 Å². The number of aliphatic hydroxyl groups excluding tert-OH is 2. The van der Waals surface area contributed by atoms with E-state index in [0.29, 0.717) is 6.61 Å². The molecule has 0 bridgehead atoms. The minimum absolute atomic E-state index is 0.230. The molecule has 0 amide bonds. The molecule has 0 saturated carbocycles. The molecule has 74 valence electrons. The fraction of sp³-hybridized carbons (Fsp3) is 1.00. The largest absolute Gasteiger partial charge is 0.393 e. The SMILES string of the molecule is [B][C@H](C)[C@H]1OCCC(O)(CO)C1O. The number of aliphatic hydroxyl groups is 3.